The minimum absolute atomic E-state index is 0.251. The van der Waals surface area contributed by atoms with E-state index < -0.39 is 17.5 Å². The standard InChI is InChI=1S/C29H18Cl3F3N2O/c1-38-28(18-8-5-9-21(30)14-18,20-11-13-24(36-16-20)29(33,34)35)19-10-12-23-22(15-19)26(31)25(27(32)37-23)17-6-3-2-4-7-17/h2-16H,1H3. The third-order valence-corrected chi connectivity index (χ3v) is 7.25. The number of hydrogen-bond acceptors (Lipinski definition) is 3. The summed E-state index contributed by atoms with van der Waals surface area (Å²) in [6.07, 6.45) is -3.42. The zero-order valence-corrected chi connectivity index (χ0v) is 22.0. The van der Waals surface area contributed by atoms with Crippen molar-refractivity contribution in [1.82, 2.24) is 9.97 Å². The molecule has 5 aromatic rings. The van der Waals surface area contributed by atoms with Gasteiger partial charge in [-0.2, -0.15) is 13.2 Å². The monoisotopic (exact) mass is 572 g/mol. The largest absolute Gasteiger partial charge is 0.433 e. The number of fused-ring (bicyclic) bond motifs is 1. The topological polar surface area (TPSA) is 35.0 Å². The van der Waals surface area contributed by atoms with Crippen molar-refractivity contribution in [2.24, 2.45) is 0 Å². The highest BCUT2D eigenvalue weighted by molar-refractivity contribution is 6.42. The molecular formula is C29H18Cl3F3N2O. The zero-order chi connectivity index (χ0) is 27.1. The zero-order valence-electron chi connectivity index (χ0n) is 19.7. The molecule has 1 atom stereocenters. The Hall–Kier alpha value is -3.16. The second-order valence-electron chi connectivity index (χ2n) is 8.52. The van der Waals surface area contributed by atoms with Crippen molar-refractivity contribution >= 4 is 45.7 Å². The minimum atomic E-state index is -4.58. The number of rotatable bonds is 5. The van der Waals surface area contributed by atoms with Crippen LogP contribution in [-0.4, -0.2) is 17.1 Å². The lowest BCUT2D eigenvalue weighted by Gasteiger charge is -2.34. The van der Waals surface area contributed by atoms with Gasteiger partial charge in [-0.3, -0.25) is 4.98 Å². The molecule has 2 heterocycles. The van der Waals surface area contributed by atoms with E-state index in [9.17, 15) is 13.2 Å². The summed E-state index contributed by atoms with van der Waals surface area (Å²) in [7, 11) is 1.47. The Morgan fingerprint density at radius 1 is 0.763 bits per heavy atom. The molecule has 2 aromatic heterocycles. The van der Waals surface area contributed by atoms with Crippen molar-refractivity contribution in [1.29, 1.82) is 0 Å². The van der Waals surface area contributed by atoms with E-state index in [0.29, 0.717) is 43.2 Å². The molecule has 0 saturated carbocycles. The van der Waals surface area contributed by atoms with E-state index in [1.165, 1.54) is 13.2 Å². The molecule has 192 valence electrons. The van der Waals surface area contributed by atoms with Gasteiger partial charge in [0.2, 0.25) is 0 Å². The van der Waals surface area contributed by atoms with Crippen molar-refractivity contribution in [3.8, 4) is 11.1 Å². The number of methoxy groups -OCH3 is 1. The summed E-state index contributed by atoms with van der Waals surface area (Å²) < 4.78 is 46.0. The number of ether oxygens (including phenoxy) is 1. The summed E-state index contributed by atoms with van der Waals surface area (Å²) in [5, 5.41) is 1.66. The SMILES string of the molecule is COC(c1ccc(C(F)(F)F)nc1)(c1cccc(Cl)c1)c1ccc2nc(Cl)c(-c3ccccc3)c(Cl)c2c1. The summed E-state index contributed by atoms with van der Waals surface area (Å²) in [5.74, 6) is 0. The van der Waals surface area contributed by atoms with Gasteiger partial charge in [0.1, 0.15) is 16.4 Å². The Balaban J connectivity index is 1.79. The van der Waals surface area contributed by atoms with Gasteiger partial charge in [0.15, 0.2) is 0 Å². The highest BCUT2D eigenvalue weighted by Gasteiger charge is 2.39. The highest BCUT2D eigenvalue weighted by atomic mass is 35.5. The molecule has 0 N–H and O–H groups in total. The van der Waals surface area contributed by atoms with Crippen molar-refractivity contribution in [3.05, 3.63) is 129 Å². The number of hydrogen-bond donors (Lipinski definition) is 0. The van der Waals surface area contributed by atoms with Crippen LogP contribution >= 0.6 is 34.8 Å². The number of nitrogens with zero attached hydrogens (tertiary/aromatic N) is 2. The molecule has 0 bridgehead atoms. The molecule has 0 saturated heterocycles. The van der Waals surface area contributed by atoms with E-state index in [0.717, 1.165) is 17.8 Å². The van der Waals surface area contributed by atoms with Crippen LogP contribution in [0.2, 0.25) is 15.2 Å². The summed E-state index contributed by atoms with van der Waals surface area (Å²) >= 11 is 19.8. The fourth-order valence-corrected chi connectivity index (χ4v) is 5.48. The Morgan fingerprint density at radius 3 is 2.11 bits per heavy atom. The van der Waals surface area contributed by atoms with Crippen LogP contribution in [0.25, 0.3) is 22.0 Å². The van der Waals surface area contributed by atoms with Crippen LogP contribution in [0, 0.1) is 0 Å². The summed E-state index contributed by atoms with van der Waals surface area (Å²) in [5.41, 5.74) is 1.08. The lowest BCUT2D eigenvalue weighted by atomic mass is 9.80. The van der Waals surface area contributed by atoms with Gasteiger partial charge in [-0.1, -0.05) is 89.4 Å². The van der Waals surface area contributed by atoms with E-state index in [1.54, 1.807) is 42.5 Å². The molecule has 0 fully saturated rings. The van der Waals surface area contributed by atoms with E-state index in [-0.39, 0.29) is 5.15 Å². The molecule has 1 unspecified atom stereocenters. The second-order valence-corrected chi connectivity index (χ2v) is 9.69. The van der Waals surface area contributed by atoms with Crippen LogP contribution in [0.5, 0.6) is 0 Å². The maximum absolute atomic E-state index is 13.3. The third kappa shape index (κ3) is 4.63. The normalized spacial score (nSPS) is 13.4. The number of aromatic nitrogens is 2. The molecule has 0 aliphatic heterocycles. The van der Waals surface area contributed by atoms with E-state index in [2.05, 4.69) is 9.97 Å². The molecule has 0 amide bonds. The predicted octanol–water partition coefficient (Wildman–Crippen LogP) is 9.21. The number of halogens is 6. The van der Waals surface area contributed by atoms with Gasteiger partial charge >= 0.3 is 6.18 Å². The molecule has 5 rings (SSSR count). The van der Waals surface area contributed by atoms with Crippen molar-refractivity contribution in [2.45, 2.75) is 11.8 Å². The van der Waals surface area contributed by atoms with Crippen LogP contribution in [-0.2, 0) is 16.5 Å². The molecule has 0 spiro atoms. The van der Waals surface area contributed by atoms with Crippen LogP contribution in [0.15, 0.2) is 91.1 Å². The van der Waals surface area contributed by atoms with E-state index in [4.69, 9.17) is 39.5 Å². The first-order chi connectivity index (χ1) is 18.1. The lowest BCUT2D eigenvalue weighted by molar-refractivity contribution is -0.141. The van der Waals surface area contributed by atoms with Crippen LogP contribution in [0.4, 0.5) is 13.2 Å². The van der Waals surface area contributed by atoms with Crippen LogP contribution < -0.4 is 0 Å². The minimum Gasteiger partial charge on any atom is -0.364 e. The highest BCUT2D eigenvalue weighted by Crippen LogP contribution is 2.44. The first-order valence-corrected chi connectivity index (χ1v) is 12.5. The number of pyridine rings is 2. The molecule has 0 radical (unpaired) electrons. The van der Waals surface area contributed by atoms with E-state index >= 15 is 0 Å². The van der Waals surface area contributed by atoms with Gasteiger partial charge in [0.05, 0.1) is 10.5 Å². The molecule has 38 heavy (non-hydrogen) atoms. The maximum Gasteiger partial charge on any atom is 0.433 e. The summed E-state index contributed by atoms with van der Waals surface area (Å²) in [6.45, 7) is 0. The first-order valence-electron chi connectivity index (χ1n) is 11.3. The fourth-order valence-electron chi connectivity index (χ4n) is 4.60. The van der Waals surface area contributed by atoms with Gasteiger partial charge in [0.25, 0.3) is 0 Å². The van der Waals surface area contributed by atoms with Crippen molar-refractivity contribution in [2.75, 3.05) is 7.11 Å². The molecule has 3 aromatic carbocycles. The van der Waals surface area contributed by atoms with Crippen molar-refractivity contribution in [3.63, 3.8) is 0 Å². The molecule has 0 aliphatic rings. The Kier molecular flexibility index (Phi) is 7.09. The quantitative estimate of drug-likeness (QED) is 0.197. The summed E-state index contributed by atoms with van der Waals surface area (Å²) in [4.78, 5) is 8.23. The Bertz CT molecular complexity index is 1630. The Labute approximate surface area is 231 Å². The lowest BCUT2D eigenvalue weighted by Crippen LogP contribution is -2.32. The van der Waals surface area contributed by atoms with Gasteiger partial charge in [-0.15, -0.1) is 0 Å². The third-order valence-electron chi connectivity index (χ3n) is 6.34. The number of alkyl halides is 3. The van der Waals surface area contributed by atoms with Gasteiger partial charge in [-0.25, -0.2) is 4.98 Å². The Morgan fingerprint density at radius 2 is 1.47 bits per heavy atom. The van der Waals surface area contributed by atoms with Gasteiger partial charge in [0, 0.05) is 34.8 Å². The van der Waals surface area contributed by atoms with Crippen molar-refractivity contribution < 1.29 is 17.9 Å². The van der Waals surface area contributed by atoms with Crippen LogP contribution in [0.1, 0.15) is 22.4 Å². The summed E-state index contributed by atoms with van der Waals surface area (Å²) in [6, 6.07) is 23.9. The smallest absolute Gasteiger partial charge is 0.364 e. The van der Waals surface area contributed by atoms with Gasteiger partial charge < -0.3 is 4.74 Å². The maximum atomic E-state index is 13.3. The second kappa shape index (κ2) is 10.2. The number of benzene rings is 3. The molecule has 0 aliphatic carbocycles. The molecule has 3 nitrogen and oxygen atoms in total. The average molecular weight is 574 g/mol. The molecule has 9 heteroatoms. The van der Waals surface area contributed by atoms with Crippen LogP contribution in [0.3, 0.4) is 0 Å². The fraction of sp³-hybridized carbons (Fsp3) is 0.103. The predicted molar refractivity (Wildman–Crippen MR) is 145 cm³/mol. The average Bonchev–Trinajstić information content (AvgIpc) is 2.90. The molecular weight excluding hydrogens is 556 g/mol. The van der Waals surface area contributed by atoms with E-state index in [1.807, 2.05) is 30.3 Å². The first kappa shape index (κ1) is 26.4. The van der Waals surface area contributed by atoms with Gasteiger partial charge in [-0.05, 0) is 47.0 Å².